The number of rotatable bonds is 3. The highest BCUT2D eigenvalue weighted by molar-refractivity contribution is 7.22. The minimum absolute atomic E-state index is 0.0126. The van der Waals surface area contributed by atoms with Crippen LogP contribution in [0.1, 0.15) is 5.01 Å². The summed E-state index contributed by atoms with van der Waals surface area (Å²) in [5, 5.41) is 0.911. The monoisotopic (exact) mass is 375 g/mol. The molecule has 0 aliphatic carbocycles. The summed E-state index contributed by atoms with van der Waals surface area (Å²) in [4.78, 5) is 23.1. The number of para-hydroxylation sites is 1. The molecule has 0 atom stereocenters. The van der Waals surface area contributed by atoms with Gasteiger partial charge in [0, 0.05) is 4.88 Å². The van der Waals surface area contributed by atoms with Gasteiger partial charge >= 0.3 is 0 Å². The predicted octanol–water partition coefficient (Wildman–Crippen LogP) is 4.78. The zero-order chi connectivity index (χ0) is 17.5. The number of thiazole rings is 1. The molecule has 0 spiro atoms. The maximum absolute atomic E-state index is 12.9. The molecule has 0 saturated heterocycles. The zero-order valence-corrected chi connectivity index (χ0v) is 15.3. The maximum atomic E-state index is 12.9. The third kappa shape index (κ3) is 2.64. The van der Waals surface area contributed by atoms with E-state index in [0.29, 0.717) is 11.2 Å². The molecule has 0 saturated carbocycles. The number of aromatic nitrogens is 3. The highest BCUT2D eigenvalue weighted by atomic mass is 32.1. The van der Waals surface area contributed by atoms with E-state index < -0.39 is 0 Å². The average molecular weight is 375 g/mol. The first-order valence-corrected chi connectivity index (χ1v) is 9.80. The normalized spacial score (nSPS) is 11.4. The van der Waals surface area contributed by atoms with Crippen molar-refractivity contribution in [1.82, 2.24) is 14.5 Å². The molecular formula is C20H13N3OS2. The molecule has 5 rings (SSSR count). The van der Waals surface area contributed by atoms with Crippen LogP contribution in [0.5, 0.6) is 0 Å². The largest absolute Gasteiger partial charge is 0.291 e. The van der Waals surface area contributed by atoms with E-state index in [2.05, 4.69) is 9.97 Å². The van der Waals surface area contributed by atoms with E-state index in [1.165, 1.54) is 11.3 Å². The summed E-state index contributed by atoms with van der Waals surface area (Å²) in [6.07, 6.45) is 1.62. The van der Waals surface area contributed by atoms with Crippen molar-refractivity contribution in [3.05, 3.63) is 82.4 Å². The quantitative estimate of drug-likeness (QED) is 0.456. The highest BCUT2D eigenvalue weighted by Crippen LogP contribution is 2.30. The van der Waals surface area contributed by atoms with Crippen molar-refractivity contribution in [3.63, 3.8) is 0 Å². The smallest absolute Gasteiger partial charge is 0.271 e. The molecule has 6 heteroatoms. The second-order valence-corrected chi connectivity index (χ2v) is 8.11. The molecule has 0 unspecified atom stereocenters. The van der Waals surface area contributed by atoms with Crippen LogP contribution in [0.2, 0.25) is 0 Å². The predicted molar refractivity (Wildman–Crippen MR) is 108 cm³/mol. The van der Waals surface area contributed by atoms with E-state index in [0.717, 1.165) is 31.2 Å². The van der Waals surface area contributed by atoms with Crippen LogP contribution in [-0.2, 0) is 6.54 Å². The molecule has 0 aliphatic heterocycles. The fourth-order valence-corrected chi connectivity index (χ4v) is 4.97. The van der Waals surface area contributed by atoms with E-state index in [4.69, 9.17) is 0 Å². The first-order chi connectivity index (χ1) is 12.8. The molecule has 0 radical (unpaired) electrons. The maximum Gasteiger partial charge on any atom is 0.271 e. The lowest BCUT2D eigenvalue weighted by molar-refractivity contribution is 0.746. The Bertz CT molecular complexity index is 1250. The molecule has 5 aromatic rings. The van der Waals surface area contributed by atoms with Crippen LogP contribution in [0.25, 0.3) is 30.9 Å². The van der Waals surface area contributed by atoms with E-state index in [1.807, 2.05) is 60.7 Å². The molecule has 26 heavy (non-hydrogen) atoms. The van der Waals surface area contributed by atoms with Crippen LogP contribution in [0.3, 0.4) is 0 Å². The molecule has 3 heterocycles. The molecule has 3 aromatic heterocycles. The third-order valence-corrected chi connectivity index (χ3v) is 6.39. The van der Waals surface area contributed by atoms with Gasteiger partial charge in [0.25, 0.3) is 5.56 Å². The lowest BCUT2D eigenvalue weighted by Gasteiger charge is -2.01. The van der Waals surface area contributed by atoms with Crippen molar-refractivity contribution in [2.75, 3.05) is 0 Å². The first kappa shape index (κ1) is 15.4. The number of hydrogen-bond acceptors (Lipinski definition) is 5. The van der Waals surface area contributed by atoms with Gasteiger partial charge in [-0.2, -0.15) is 0 Å². The van der Waals surface area contributed by atoms with E-state index >= 15 is 0 Å². The Hall–Kier alpha value is -2.83. The standard InChI is InChI=1S/C20H13N3OS2/c24-20-19-15(10-17(26-19)13-6-2-1-3-7-13)21-12-23(20)11-18-22-14-8-4-5-9-16(14)25-18/h1-10,12H,11H2. The molecular weight excluding hydrogens is 362 g/mol. The van der Waals surface area contributed by atoms with Crippen molar-refractivity contribution < 1.29 is 0 Å². The molecule has 126 valence electrons. The van der Waals surface area contributed by atoms with Crippen LogP contribution in [-0.4, -0.2) is 14.5 Å². The minimum Gasteiger partial charge on any atom is -0.291 e. The Morgan fingerprint density at radius 3 is 2.58 bits per heavy atom. The van der Waals surface area contributed by atoms with Crippen molar-refractivity contribution in [3.8, 4) is 10.4 Å². The van der Waals surface area contributed by atoms with Crippen molar-refractivity contribution in [1.29, 1.82) is 0 Å². The third-order valence-electron chi connectivity index (χ3n) is 4.21. The highest BCUT2D eigenvalue weighted by Gasteiger charge is 2.12. The Labute approximate surface area is 157 Å². The lowest BCUT2D eigenvalue weighted by atomic mass is 10.2. The Morgan fingerprint density at radius 2 is 1.73 bits per heavy atom. The zero-order valence-electron chi connectivity index (χ0n) is 13.6. The van der Waals surface area contributed by atoms with Crippen LogP contribution < -0.4 is 5.56 Å². The Morgan fingerprint density at radius 1 is 0.923 bits per heavy atom. The molecule has 4 nitrogen and oxygen atoms in total. The van der Waals surface area contributed by atoms with E-state index in [9.17, 15) is 4.79 Å². The second kappa shape index (κ2) is 6.16. The topological polar surface area (TPSA) is 47.8 Å². The summed E-state index contributed by atoms with van der Waals surface area (Å²) in [6, 6.07) is 20.1. The van der Waals surface area contributed by atoms with Gasteiger partial charge in [-0.15, -0.1) is 22.7 Å². The van der Waals surface area contributed by atoms with Crippen molar-refractivity contribution in [2.45, 2.75) is 6.54 Å². The van der Waals surface area contributed by atoms with Crippen molar-refractivity contribution in [2.24, 2.45) is 0 Å². The fraction of sp³-hybridized carbons (Fsp3) is 0.0500. The van der Waals surface area contributed by atoms with Crippen LogP contribution in [0.15, 0.2) is 71.8 Å². The van der Waals surface area contributed by atoms with Crippen molar-refractivity contribution >= 4 is 43.1 Å². The summed E-state index contributed by atoms with van der Waals surface area (Å²) >= 11 is 3.11. The van der Waals surface area contributed by atoms with Gasteiger partial charge in [0.1, 0.15) is 9.71 Å². The number of benzene rings is 2. The molecule has 0 bridgehead atoms. The fourth-order valence-electron chi connectivity index (χ4n) is 2.94. The van der Waals surface area contributed by atoms with Gasteiger partial charge in [0.2, 0.25) is 0 Å². The first-order valence-electron chi connectivity index (χ1n) is 8.17. The number of hydrogen-bond donors (Lipinski definition) is 0. The molecule has 0 amide bonds. The molecule has 0 fully saturated rings. The summed E-state index contributed by atoms with van der Waals surface area (Å²) in [5.41, 5.74) is 2.81. The number of thiophene rings is 1. The van der Waals surface area contributed by atoms with Gasteiger partial charge in [-0.25, -0.2) is 9.97 Å². The van der Waals surface area contributed by atoms with E-state index in [-0.39, 0.29) is 5.56 Å². The van der Waals surface area contributed by atoms with Gasteiger partial charge in [0.15, 0.2) is 0 Å². The average Bonchev–Trinajstić information content (AvgIpc) is 3.29. The molecule has 0 N–H and O–H groups in total. The van der Waals surface area contributed by atoms with Gasteiger partial charge in [-0.1, -0.05) is 42.5 Å². The number of fused-ring (bicyclic) bond motifs is 2. The Balaban J connectivity index is 1.56. The van der Waals surface area contributed by atoms with Gasteiger partial charge < -0.3 is 0 Å². The SMILES string of the molecule is O=c1c2sc(-c3ccccc3)cc2ncn1Cc1nc2ccccc2s1. The van der Waals surface area contributed by atoms with Crippen LogP contribution in [0, 0.1) is 0 Å². The summed E-state index contributed by atoms with van der Waals surface area (Å²) in [7, 11) is 0. The van der Waals surface area contributed by atoms with Gasteiger partial charge in [-0.3, -0.25) is 9.36 Å². The summed E-state index contributed by atoms with van der Waals surface area (Å²) < 4.78 is 3.46. The lowest BCUT2D eigenvalue weighted by Crippen LogP contribution is -2.20. The van der Waals surface area contributed by atoms with Gasteiger partial charge in [-0.05, 0) is 23.8 Å². The van der Waals surface area contributed by atoms with Crippen LogP contribution >= 0.6 is 22.7 Å². The molecule has 0 aliphatic rings. The van der Waals surface area contributed by atoms with Crippen LogP contribution in [0.4, 0.5) is 0 Å². The summed E-state index contributed by atoms with van der Waals surface area (Å²) in [5.74, 6) is 0. The number of nitrogens with zero attached hydrogens (tertiary/aromatic N) is 3. The molecule has 2 aromatic carbocycles. The minimum atomic E-state index is -0.0126. The van der Waals surface area contributed by atoms with E-state index in [1.54, 1.807) is 22.2 Å². The second-order valence-electron chi connectivity index (χ2n) is 5.94. The Kier molecular flexibility index (Phi) is 3.65. The summed E-state index contributed by atoms with van der Waals surface area (Å²) in [6.45, 7) is 0.444. The van der Waals surface area contributed by atoms with Gasteiger partial charge in [0.05, 0.1) is 28.6 Å².